The Kier molecular flexibility index (Phi) is 5.94. The van der Waals surface area contributed by atoms with Crippen LogP contribution in [0.2, 0.25) is 0 Å². The molecule has 0 spiro atoms. The maximum Gasteiger partial charge on any atom is 0.149 e. The van der Waals surface area contributed by atoms with Gasteiger partial charge in [0, 0.05) is 33.8 Å². The van der Waals surface area contributed by atoms with Crippen LogP contribution in [0.5, 0.6) is 0 Å². The lowest BCUT2D eigenvalue weighted by Crippen LogP contribution is -2.30. The number of hydrogen-bond acceptors (Lipinski definition) is 3. The van der Waals surface area contributed by atoms with Crippen LogP contribution < -0.4 is 10.2 Å². The fourth-order valence-corrected chi connectivity index (χ4v) is 2.65. The van der Waals surface area contributed by atoms with Crippen LogP contribution in [0.15, 0.2) is 12.1 Å². The number of hydrogen-bond donors (Lipinski definition) is 1. The largest absolute Gasteiger partial charge is 0.383 e. The van der Waals surface area contributed by atoms with Crippen molar-refractivity contribution >= 4 is 5.69 Å². The summed E-state index contributed by atoms with van der Waals surface area (Å²) in [6.45, 7) is 2.39. The third kappa shape index (κ3) is 4.38. The van der Waals surface area contributed by atoms with Gasteiger partial charge < -0.3 is 15.0 Å². The molecular weight excluding hydrogens is 274 g/mol. The topological polar surface area (TPSA) is 24.5 Å². The van der Waals surface area contributed by atoms with Crippen LogP contribution in [-0.2, 0) is 11.3 Å². The lowest BCUT2D eigenvalue weighted by molar-refractivity contribution is 0.199. The quantitative estimate of drug-likeness (QED) is 0.747. The molecule has 1 aromatic carbocycles. The van der Waals surface area contributed by atoms with Crippen molar-refractivity contribution in [2.75, 3.05) is 38.8 Å². The number of methoxy groups -OCH3 is 1. The SMILES string of the molecule is COCCNCc1cc(F)c(N(C)CC2CCC2)c(F)c1. The second-order valence-corrected chi connectivity index (χ2v) is 5.76. The Morgan fingerprint density at radius 3 is 2.48 bits per heavy atom. The highest BCUT2D eigenvalue weighted by Crippen LogP contribution is 2.30. The Hall–Kier alpha value is -1.20. The van der Waals surface area contributed by atoms with E-state index < -0.39 is 11.6 Å². The Morgan fingerprint density at radius 2 is 1.95 bits per heavy atom. The number of nitrogens with zero attached hydrogens (tertiary/aromatic N) is 1. The maximum atomic E-state index is 14.2. The van der Waals surface area contributed by atoms with Crippen molar-refractivity contribution in [3.63, 3.8) is 0 Å². The minimum atomic E-state index is -0.486. The van der Waals surface area contributed by atoms with E-state index in [1.165, 1.54) is 18.6 Å². The van der Waals surface area contributed by atoms with Crippen molar-refractivity contribution in [3.05, 3.63) is 29.3 Å². The van der Waals surface area contributed by atoms with Crippen LogP contribution in [0.3, 0.4) is 0 Å². The summed E-state index contributed by atoms with van der Waals surface area (Å²) in [4.78, 5) is 1.70. The Labute approximate surface area is 125 Å². The fraction of sp³-hybridized carbons (Fsp3) is 0.625. The molecule has 5 heteroatoms. The van der Waals surface area contributed by atoms with Crippen molar-refractivity contribution < 1.29 is 13.5 Å². The molecule has 1 fully saturated rings. The number of benzene rings is 1. The van der Waals surface area contributed by atoms with Gasteiger partial charge in [0.05, 0.1) is 6.61 Å². The Bertz CT molecular complexity index is 441. The molecule has 0 atom stereocenters. The van der Waals surface area contributed by atoms with Gasteiger partial charge in [-0.2, -0.15) is 0 Å². The second-order valence-electron chi connectivity index (χ2n) is 5.76. The molecule has 0 radical (unpaired) electrons. The van der Waals surface area contributed by atoms with Crippen molar-refractivity contribution in [3.8, 4) is 0 Å². The molecule has 2 rings (SSSR count). The molecule has 0 aliphatic heterocycles. The monoisotopic (exact) mass is 298 g/mol. The van der Waals surface area contributed by atoms with Crippen molar-refractivity contribution in [1.29, 1.82) is 0 Å². The van der Waals surface area contributed by atoms with Gasteiger partial charge in [-0.1, -0.05) is 6.42 Å². The number of anilines is 1. The van der Waals surface area contributed by atoms with Gasteiger partial charge in [-0.05, 0) is 36.5 Å². The first kappa shape index (κ1) is 16.2. The van der Waals surface area contributed by atoms with E-state index in [4.69, 9.17) is 4.74 Å². The van der Waals surface area contributed by atoms with Crippen LogP contribution in [0.1, 0.15) is 24.8 Å². The Morgan fingerprint density at radius 1 is 1.29 bits per heavy atom. The van der Waals surface area contributed by atoms with Crippen LogP contribution in [0, 0.1) is 17.6 Å². The third-order valence-electron chi connectivity index (χ3n) is 4.03. The molecule has 1 aliphatic rings. The summed E-state index contributed by atoms with van der Waals surface area (Å²) < 4.78 is 33.3. The van der Waals surface area contributed by atoms with E-state index in [-0.39, 0.29) is 5.69 Å². The summed E-state index contributed by atoms with van der Waals surface area (Å²) in [6.07, 6.45) is 3.56. The third-order valence-corrected chi connectivity index (χ3v) is 4.03. The number of nitrogens with one attached hydrogen (secondary N) is 1. The molecule has 0 aromatic heterocycles. The molecule has 3 nitrogen and oxygen atoms in total. The smallest absolute Gasteiger partial charge is 0.149 e. The van der Waals surface area contributed by atoms with E-state index >= 15 is 0 Å². The van der Waals surface area contributed by atoms with E-state index in [1.54, 1.807) is 19.1 Å². The molecule has 0 saturated heterocycles. The molecule has 1 N–H and O–H groups in total. The summed E-state index contributed by atoms with van der Waals surface area (Å²) in [5.41, 5.74) is 0.699. The van der Waals surface area contributed by atoms with Crippen LogP contribution >= 0.6 is 0 Å². The van der Waals surface area contributed by atoms with E-state index in [9.17, 15) is 8.78 Å². The zero-order valence-corrected chi connectivity index (χ0v) is 12.8. The van der Waals surface area contributed by atoms with Gasteiger partial charge in [-0.3, -0.25) is 0 Å². The summed E-state index contributed by atoms with van der Waals surface area (Å²) >= 11 is 0. The molecule has 0 unspecified atom stereocenters. The normalized spacial score (nSPS) is 15.0. The molecule has 0 heterocycles. The van der Waals surface area contributed by atoms with Gasteiger partial charge in [0.1, 0.15) is 17.3 Å². The zero-order chi connectivity index (χ0) is 15.2. The lowest BCUT2D eigenvalue weighted by atomic mass is 9.85. The van der Waals surface area contributed by atoms with Gasteiger partial charge in [0.2, 0.25) is 0 Å². The van der Waals surface area contributed by atoms with Gasteiger partial charge in [-0.15, -0.1) is 0 Å². The number of halogens is 2. The highest BCUT2D eigenvalue weighted by atomic mass is 19.1. The Balaban J connectivity index is 1.98. The lowest BCUT2D eigenvalue weighted by Gasteiger charge is -2.31. The summed E-state index contributed by atoms with van der Waals surface area (Å²) in [5.74, 6) is -0.398. The van der Waals surface area contributed by atoms with E-state index in [0.717, 1.165) is 19.4 Å². The molecule has 1 aromatic rings. The standard InChI is InChI=1S/C16H24F2N2O/c1-20(11-12-4-3-5-12)16-14(17)8-13(9-15(16)18)10-19-6-7-21-2/h8-9,12,19H,3-7,10-11H2,1-2H3. The maximum absolute atomic E-state index is 14.2. The zero-order valence-electron chi connectivity index (χ0n) is 12.8. The van der Waals surface area contributed by atoms with Crippen LogP contribution in [-0.4, -0.2) is 33.9 Å². The molecule has 21 heavy (non-hydrogen) atoms. The predicted octanol–water partition coefficient (Wildman–Crippen LogP) is 2.94. The van der Waals surface area contributed by atoms with Crippen molar-refractivity contribution in [2.24, 2.45) is 5.92 Å². The molecule has 118 valence electrons. The van der Waals surface area contributed by atoms with E-state index in [0.29, 0.717) is 31.2 Å². The van der Waals surface area contributed by atoms with Crippen LogP contribution in [0.25, 0.3) is 0 Å². The average Bonchev–Trinajstić information content (AvgIpc) is 2.38. The highest BCUT2D eigenvalue weighted by molar-refractivity contribution is 5.50. The first-order valence-electron chi connectivity index (χ1n) is 7.50. The van der Waals surface area contributed by atoms with Gasteiger partial charge in [0.15, 0.2) is 0 Å². The molecule has 0 bridgehead atoms. The molecule has 1 aliphatic carbocycles. The predicted molar refractivity (Wildman–Crippen MR) is 80.6 cm³/mol. The van der Waals surface area contributed by atoms with E-state index in [2.05, 4.69) is 5.32 Å². The first-order chi connectivity index (χ1) is 10.1. The van der Waals surface area contributed by atoms with Gasteiger partial charge in [0.25, 0.3) is 0 Å². The molecule has 1 saturated carbocycles. The minimum Gasteiger partial charge on any atom is -0.383 e. The summed E-state index contributed by atoms with van der Waals surface area (Å²) in [7, 11) is 3.38. The van der Waals surface area contributed by atoms with Gasteiger partial charge >= 0.3 is 0 Å². The first-order valence-corrected chi connectivity index (χ1v) is 7.50. The van der Waals surface area contributed by atoms with Crippen LogP contribution in [0.4, 0.5) is 14.5 Å². The second kappa shape index (κ2) is 7.71. The summed E-state index contributed by atoms with van der Waals surface area (Å²) in [5, 5.41) is 3.08. The fourth-order valence-electron chi connectivity index (χ4n) is 2.65. The van der Waals surface area contributed by atoms with Gasteiger partial charge in [-0.25, -0.2) is 8.78 Å². The van der Waals surface area contributed by atoms with Crippen molar-refractivity contribution in [1.82, 2.24) is 5.32 Å². The number of rotatable bonds is 8. The molecular formula is C16H24F2N2O. The van der Waals surface area contributed by atoms with E-state index in [1.807, 2.05) is 0 Å². The molecule has 0 amide bonds. The number of ether oxygens (including phenoxy) is 1. The summed E-state index contributed by atoms with van der Waals surface area (Å²) in [6, 6.07) is 2.82. The minimum absolute atomic E-state index is 0.0857. The average molecular weight is 298 g/mol. The highest BCUT2D eigenvalue weighted by Gasteiger charge is 2.22. The van der Waals surface area contributed by atoms with Crippen molar-refractivity contribution in [2.45, 2.75) is 25.8 Å².